The van der Waals surface area contributed by atoms with Gasteiger partial charge in [-0.05, 0) is 49.8 Å². The number of anilines is 1. The third-order valence-electron chi connectivity index (χ3n) is 6.63. The predicted molar refractivity (Wildman–Crippen MR) is 120 cm³/mol. The van der Waals surface area contributed by atoms with Gasteiger partial charge in [0.25, 0.3) is 0 Å². The summed E-state index contributed by atoms with van der Waals surface area (Å²) in [6, 6.07) is 9.57. The van der Waals surface area contributed by atoms with Crippen LogP contribution in [0.15, 0.2) is 24.3 Å². The Balaban J connectivity index is 1.55. The molecule has 2 aliphatic heterocycles. The maximum Gasteiger partial charge on any atom is 0.239 e. The molecule has 2 atom stereocenters. The number of nitriles is 1. The lowest BCUT2D eigenvalue weighted by Gasteiger charge is -2.34. The second-order valence-corrected chi connectivity index (χ2v) is 8.64. The van der Waals surface area contributed by atoms with E-state index in [9.17, 15) is 14.9 Å². The van der Waals surface area contributed by atoms with Gasteiger partial charge in [0.2, 0.25) is 11.8 Å². The van der Waals surface area contributed by atoms with E-state index in [-0.39, 0.29) is 18.6 Å². The van der Waals surface area contributed by atoms with Gasteiger partial charge in [0, 0.05) is 18.8 Å². The van der Waals surface area contributed by atoms with Gasteiger partial charge < -0.3 is 20.4 Å². The fraction of sp³-hybridized carbons (Fsp3) is 0.458. The normalized spacial score (nSPS) is 20.5. The quantitative estimate of drug-likeness (QED) is 0.721. The van der Waals surface area contributed by atoms with E-state index in [0.717, 1.165) is 41.8 Å². The number of carbonyl (C=O) groups excluding carboxylic acids is 2. The van der Waals surface area contributed by atoms with Crippen LogP contribution in [0.5, 0.6) is 0 Å². The van der Waals surface area contributed by atoms with Crippen molar-refractivity contribution in [1.82, 2.24) is 9.47 Å². The van der Waals surface area contributed by atoms with Crippen molar-refractivity contribution in [3.8, 4) is 6.07 Å². The molecular weight excluding hydrogens is 406 g/mol. The maximum absolute atomic E-state index is 13.1. The molecule has 1 fully saturated rings. The highest BCUT2D eigenvalue weighted by Gasteiger charge is 2.32. The third kappa shape index (κ3) is 4.27. The highest BCUT2D eigenvalue weighted by molar-refractivity contribution is 5.94. The zero-order valence-corrected chi connectivity index (χ0v) is 18.6. The molecule has 1 aromatic heterocycles. The number of hydrogen-bond acceptors (Lipinski definition) is 5. The Kier molecular flexibility index (Phi) is 6.31. The van der Waals surface area contributed by atoms with Crippen LogP contribution in [0.4, 0.5) is 5.82 Å². The van der Waals surface area contributed by atoms with Gasteiger partial charge in [-0.15, -0.1) is 0 Å². The van der Waals surface area contributed by atoms with Crippen LogP contribution < -0.4 is 11.1 Å². The molecular formula is C24H29N5O3. The number of aromatic nitrogens is 1. The highest BCUT2D eigenvalue weighted by Crippen LogP contribution is 2.29. The molecule has 0 aliphatic carbocycles. The van der Waals surface area contributed by atoms with E-state index in [1.807, 2.05) is 42.7 Å². The number of nitrogens with one attached hydrogen (secondary N) is 1. The van der Waals surface area contributed by atoms with E-state index in [0.29, 0.717) is 30.9 Å². The Morgan fingerprint density at radius 1 is 1.28 bits per heavy atom. The van der Waals surface area contributed by atoms with Crippen LogP contribution in [-0.2, 0) is 33.8 Å². The van der Waals surface area contributed by atoms with Crippen LogP contribution in [0, 0.1) is 25.2 Å². The summed E-state index contributed by atoms with van der Waals surface area (Å²) in [5.74, 6) is -0.229. The summed E-state index contributed by atoms with van der Waals surface area (Å²) >= 11 is 0. The van der Waals surface area contributed by atoms with Crippen molar-refractivity contribution in [3.05, 3.63) is 52.2 Å². The van der Waals surface area contributed by atoms with Crippen molar-refractivity contribution < 1.29 is 14.3 Å². The van der Waals surface area contributed by atoms with Crippen LogP contribution in [0.3, 0.4) is 0 Å². The van der Waals surface area contributed by atoms with Gasteiger partial charge in [0.1, 0.15) is 11.9 Å². The minimum absolute atomic E-state index is 0.00993. The number of benzene rings is 1. The lowest BCUT2D eigenvalue weighted by Crippen LogP contribution is -2.51. The molecule has 1 saturated heterocycles. The first-order chi connectivity index (χ1) is 15.4. The van der Waals surface area contributed by atoms with Crippen molar-refractivity contribution in [2.24, 2.45) is 5.73 Å². The fourth-order valence-corrected chi connectivity index (χ4v) is 4.73. The Bertz CT molecular complexity index is 1080. The number of amides is 2. The largest absolute Gasteiger partial charge is 0.376 e. The van der Waals surface area contributed by atoms with E-state index in [1.54, 1.807) is 4.90 Å². The van der Waals surface area contributed by atoms with Crippen LogP contribution in [-0.4, -0.2) is 46.6 Å². The van der Waals surface area contributed by atoms with Crippen LogP contribution in [0.25, 0.3) is 0 Å². The molecule has 0 saturated carbocycles. The zero-order valence-electron chi connectivity index (χ0n) is 18.6. The molecule has 2 aromatic rings. The Hall–Kier alpha value is -3.15. The monoisotopic (exact) mass is 435 g/mol. The first-order valence-corrected chi connectivity index (χ1v) is 11.0. The van der Waals surface area contributed by atoms with Gasteiger partial charge in [-0.1, -0.05) is 24.3 Å². The molecule has 8 heteroatoms. The molecule has 4 rings (SSSR count). The average Bonchev–Trinajstić information content (AvgIpc) is 3.36. The number of rotatable bonds is 6. The molecule has 2 aliphatic rings. The summed E-state index contributed by atoms with van der Waals surface area (Å²) in [4.78, 5) is 27.0. The predicted octanol–water partition coefficient (Wildman–Crippen LogP) is 2.01. The number of fused-ring (bicyclic) bond motifs is 1. The van der Waals surface area contributed by atoms with Gasteiger partial charge >= 0.3 is 0 Å². The van der Waals surface area contributed by atoms with E-state index >= 15 is 0 Å². The Morgan fingerprint density at radius 2 is 2.03 bits per heavy atom. The van der Waals surface area contributed by atoms with Crippen molar-refractivity contribution in [2.45, 2.75) is 58.3 Å². The van der Waals surface area contributed by atoms with Crippen LogP contribution in [0.1, 0.15) is 40.8 Å². The summed E-state index contributed by atoms with van der Waals surface area (Å²) < 4.78 is 7.74. The molecule has 3 heterocycles. The van der Waals surface area contributed by atoms with Gasteiger partial charge in [-0.25, -0.2) is 0 Å². The highest BCUT2D eigenvalue weighted by atomic mass is 16.5. The molecule has 2 amide bonds. The minimum Gasteiger partial charge on any atom is -0.376 e. The molecule has 1 unspecified atom stereocenters. The first kappa shape index (κ1) is 22.1. The number of primary amides is 1. The van der Waals surface area contributed by atoms with Gasteiger partial charge in [-0.3, -0.25) is 14.5 Å². The molecule has 168 valence electrons. The van der Waals surface area contributed by atoms with E-state index in [2.05, 4.69) is 11.4 Å². The number of ether oxygens (including phenoxy) is 1. The second-order valence-electron chi connectivity index (χ2n) is 8.64. The van der Waals surface area contributed by atoms with Crippen molar-refractivity contribution in [1.29, 1.82) is 5.26 Å². The molecule has 0 radical (unpaired) electrons. The van der Waals surface area contributed by atoms with Crippen LogP contribution in [0.2, 0.25) is 0 Å². The lowest BCUT2D eigenvalue weighted by atomic mass is 9.93. The summed E-state index contributed by atoms with van der Waals surface area (Å²) in [5, 5.41) is 12.7. The molecule has 1 aromatic carbocycles. The number of carbonyl (C=O) groups is 2. The molecule has 8 nitrogen and oxygen atoms in total. The second kappa shape index (κ2) is 9.15. The molecule has 0 bridgehead atoms. The smallest absolute Gasteiger partial charge is 0.239 e. The molecule has 0 spiro atoms. The van der Waals surface area contributed by atoms with Crippen molar-refractivity contribution in [3.63, 3.8) is 0 Å². The van der Waals surface area contributed by atoms with Gasteiger partial charge in [0.05, 0.1) is 30.8 Å². The maximum atomic E-state index is 13.1. The van der Waals surface area contributed by atoms with Crippen molar-refractivity contribution in [2.75, 3.05) is 18.5 Å². The van der Waals surface area contributed by atoms with E-state index in [4.69, 9.17) is 10.5 Å². The zero-order chi connectivity index (χ0) is 22.8. The number of nitrogens with zero attached hydrogens (tertiary/aromatic N) is 3. The number of nitrogens with two attached hydrogens (primary N) is 1. The number of hydrogen-bond donors (Lipinski definition) is 2. The SMILES string of the molecule is Cc1c(C#N)c(NC(=O)CN2Cc3ccccc3C[C@@H]2C(N)=O)n(CC2CCCO2)c1C. The summed E-state index contributed by atoms with van der Waals surface area (Å²) in [6.45, 7) is 5.64. The summed E-state index contributed by atoms with van der Waals surface area (Å²) in [5.41, 5.74) is 10.1. The lowest BCUT2D eigenvalue weighted by molar-refractivity contribution is -0.125. The van der Waals surface area contributed by atoms with Gasteiger partial charge in [0.15, 0.2) is 0 Å². The van der Waals surface area contributed by atoms with Crippen LogP contribution >= 0.6 is 0 Å². The topological polar surface area (TPSA) is 113 Å². The average molecular weight is 436 g/mol. The van der Waals surface area contributed by atoms with Crippen molar-refractivity contribution >= 4 is 17.6 Å². The van der Waals surface area contributed by atoms with E-state index < -0.39 is 11.9 Å². The Morgan fingerprint density at radius 3 is 2.69 bits per heavy atom. The fourth-order valence-electron chi connectivity index (χ4n) is 4.73. The summed E-state index contributed by atoms with van der Waals surface area (Å²) in [6.07, 6.45) is 2.53. The Labute approximate surface area is 187 Å². The first-order valence-electron chi connectivity index (χ1n) is 11.0. The van der Waals surface area contributed by atoms with Gasteiger partial charge in [-0.2, -0.15) is 5.26 Å². The molecule has 32 heavy (non-hydrogen) atoms. The minimum atomic E-state index is -0.548. The van der Waals surface area contributed by atoms with E-state index in [1.165, 1.54) is 0 Å². The third-order valence-corrected chi connectivity index (χ3v) is 6.63. The molecule has 3 N–H and O–H groups in total. The summed E-state index contributed by atoms with van der Waals surface area (Å²) in [7, 11) is 0. The standard InChI is InChI=1S/C24H29N5O3/c1-15-16(2)29(13-19-8-5-9-32-19)24(20(15)11-25)27-22(30)14-28-12-18-7-4-3-6-17(18)10-21(28)23(26)31/h3-4,6-7,19,21H,5,8-10,12-14H2,1-2H3,(H2,26,31)(H,27,30)/t19?,21-/m1/s1.